The first-order valence-corrected chi connectivity index (χ1v) is 8.99. The van der Waals surface area contributed by atoms with Crippen molar-refractivity contribution in [1.82, 2.24) is 14.8 Å². The van der Waals surface area contributed by atoms with Crippen LogP contribution in [-0.4, -0.2) is 52.8 Å². The summed E-state index contributed by atoms with van der Waals surface area (Å²) in [6.45, 7) is 4.88. The molecular formula is C16H23N3O2S. The van der Waals surface area contributed by atoms with E-state index < -0.39 is 0 Å². The number of carbonyl (C=O) groups is 2. The Labute approximate surface area is 135 Å². The Morgan fingerprint density at radius 1 is 1.18 bits per heavy atom. The Balaban J connectivity index is 1.46. The number of carbonyl (C=O) groups excluding carboxylic acids is 2. The van der Waals surface area contributed by atoms with Gasteiger partial charge in [-0.15, -0.1) is 11.3 Å². The largest absolute Gasteiger partial charge is 0.342 e. The first-order valence-electron chi connectivity index (χ1n) is 8.11. The zero-order chi connectivity index (χ0) is 15.5. The van der Waals surface area contributed by atoms with Crippen molar-refractivity contribution in [1.29, 1.82) is 0 Å². The van der Waals surface area contributed by atoms with Crippen LogP contribution in [-0.2, 0) is 16.0 Å². The minimum Gasteiger partial charge on any atom is -0.342 e. The Kier molecular flexibility index (Phi) is 4.76. The number of aromatic nitrogens is 1. The molecule has 0 unspecified atom stereocenters. The van der Waals surface area contributed by atoms with Gasteiger partial charge in [-0.05, 0) is 19.8 Å². The fourth-order valence-electron chi connectivity index (χ4n) is 3.14. The molecule has 3 heterocycles. The third-order valence-electron chi connectivity index (χ3n) is 4.50. The van der Waals surface area contributed by atoms with E-state index in [9.17, 15) is 9.59 Å². The molecule has 0 N–H and O–H groups in total. The van der Waals surface area contributed by atoms with E-state index in [1.54, 1.807) is 16.2 Å². The number of nitrogens with zero attached hydrogens (tertiary/aromatic N) is 3. The first-order chi connectivity index (χ1) is 10.6. The second kappa shape index (κ2) is 6.77. The summed E-state index contributed by atoms with van der Waals surface area (Å²) in [5, 5.41) is 2.92. The molecule has 1 aromatic rings. The first kappa shape index (κ1) is 15.5. The van der Waals surface area contributed by atoms with Gasteiger partial charge in [-0.2, -0.15) is 0 Å². The van der Waals surface area contributed by atoms with Crippen molar-refractivity contribution in [3.05, 3.63) is 16.1 Å². The molecule has 2 aliphatic heterocycles. The van der Waals surface area contributed by atoms with Crippen LogP contribution in [0.25, 0.3) is 0 Å². The lowest BCUT2D eigenvalue weighted by Gasteiger charge is -2.40. The van der Waals surface area contributed by atoms with Crippen LogP contribution in [0.5, 0.6) is 0 Å². The Morgan fingerprint density at radius 2 is 1.86 bits per heavy atom. The average Bonchev–Trinajstić information content (AvgIpc) is 2.70. The van der Waals surface area contributed by atoms with E-state index in [1.165, 1.54) is 12.8 Å². The molecule has 0 radical (unpaired) electrons. The molecule has 0 atom stereocenters. The predicted octanol–water partition coefficient (Wildman–Crippen LogP) is 1.86. The van der Waals surface area contributed by atoms with E-state index in [2.05, 4.69) is 4.98 Å². The number of hydrogen-bond acceptors (Lipinski definition) is 4. The van der Waals surface area contributed by atoms with E-state index in [1.807, 2.05) is 17.2 Å². The fourth-order valence-corrected chi connectivity index (χ4v) is 3.76. The molecule has 2 aliphatic rings. The number of rotatable bonds is 3. The van der Waals surface area contributed by atoms with Gasteiger partial charge in [-0.1, -0.05) is 12.8 Å². The van der Waals surface area contributed by atoms with Gasteiger partial charge in [-0.3, -0.25) is 9.59 Å². The lowest BCUT2D eigenvalue weighted by molar-refractivity contribution is -0.148. The normalized spacial score (nSPS) is 19.7. The van der Waals surface area contributed by atoms with Crippen LogP contribution in [0.1, 0.15) is 36.4 Å². The number of thiazole rings is 1. The maximum Gasteiger partial charge on any atom is 0.229 e. The molecule has 5 nitrogen and oxygen atoms in total. The van der Waals surface area contributed by atoms with Gasteiger partial charge in [0, 0.05) is 31.6 Å². The summed E-state index contributed by atoms with van der Waals surface area (Å²) in [5.41, 5.74) is 0.842. The summed E-state index contributed by atoms with van der Waals surface area (Å²) < 4.78 is 0. The highest BCUT2D eigenvalue weighted by Crippen LogP contribution is 2.22. The van der Waals surface area contributed by atoms with Crippen molar-refractivity contribution in [2.24, 2.45) is 5.92 Å². The summed E-state index contributed by atoms with van der Waals surface area (Å²) in [5.74, 6) is 0.347. The standard InChI is InChI=1S/C16H23N3O2S/c1-12-17-14(11-22-12)8-15(20)19-9-13(10-19)16(21)18-6-4-2-3-5-7-18/h11,13H,2-10H2,1H3. The van der Waals surface area contributed by atoms with Crippen molar-refractivity contribution >= 4 is 23.2 Å². The van der Waals surface area contributed by atoms with Crippen LogP contribution in [0.4, 0.5) is 0 Å². The van der Waals surface area contributed by atoms with Gasteiger partial charge in [0.15, 0.2) is 0 Å². The molecule has 0 spiro atoms. The van der Waals surface area contributed by atoms with Crippen molar-refractivity contribution in [2.45, 2.75) is 39.0 Å². The van der Waals surface area contributed by atoms with E-state index in [0.717, 1.165) is 36.6 Å². The number of likely N-dealkylation sites (tertiary alicyclic amines) is 2. The SMILES string of the molecule is Cc1nc(CC(=O)N2CC(C(=O)N3CCCCCC3)C2)cs1. The fraction of sp³-hybridized carbons (Fsp3) is 0.688. The molecular weight excluding hydrogens is 298 g/mol. The van der Waals surface area contributed by atoms with Crippen LogP contribution >= 0.6 is 11.3 Å². The smallest absolute Gasteiger partial charge is 0.229 e. The van der Waals surface area contributed by atoms with E-state index >= 15 is 0 Å². The van der Waals surface area contributed by atoms with Gasteiger partial charge in [0.25, 0.3) is 0 Å². The van der Waals surface area contributed by atoms with Gasteiger partial charge in [-0.25, -0.2) is 4.98 Å². The van der Waals surface area contributed by atoms with Gasteiger partial charge < -0.3 is 9.80 Å². The molecule has 1 aromatic heterocycles. The molecule has 0 aromatic carbocycles. The average molecular weight is 321 g/mol. The number of amides is 2. The number of hydrogen-bond donors (Lipinski definition) is 0. The third kappa shape index (κ3) is 3.48. The third-order valence-corrected chi connectivity index (χ3v) is 5.32. The van der Waals surface area contributed by atoms with E-state index in [4.69, 9.17) is 0 Å². The lowest BCUT2D eigenvalue weighted by atomic mass is 9.97. The summed E-state index contributed by atoms with van der Waals surface area (Å²) >= 11 is 1.57. The van der Waals surface area contributed by atoms with Crippen LogP contribution in [0, 0.1) is 12.8 Å². The van der Waals surface area contributed by atoms with E-state index in [-0.39, 0.29) is 17.7 Å². The van der Waals surface area contributed by atoms with Gasteiger partial charge >= 0.3 is 0 Å². The lowest BCUT2D eigenvalue weighted by Crippen LogP contribution is -2.56. The van der Waals surface area contributed by atoms with Crippen molar-refractivity contribution in [3.8, 4) is 0 Å². The molecule has 22 heavy (non-hydrogen) atoms. The van der Waals surface area contributed by atoms with Crippen LogP contribution in [0.2, 0.25) is 0 Å². The molecule has 6 heteroatoms. The molecule has 2 amide bonds. The Bertz CT molecular complexity index is 543. The highest BCUT2D eigenvalue weighted by Gasteiger charge is 2.37. The quantitative estimate of drug-likeness (QED) is 0.854. The Hall–Kier alpha value is -1.43. The molecule has 120 valence electrons. The second-order valence-corrected chi connectivity index (χ2v) is 7.33. The van der Waals surface area contributed by atoms with Gasteiger partial charge in [0.1, 0.15) is 0 Å². The van der Waals surface area contributed by atoms with Crippen molar-refractivity contribution in [2.75, 3.05) is 26.2 Å². The number of aryl methyl sites for hydroxylation is 1. The van der Waals surface area contributed by atoms with Crippen LogP contribution in [0.15, 0.2) is 5.38 Å². The topological polar surface area (TPSA) is 53.5 Å². The van der Waals surface area contributed by atoms with Crippen LogP contribution < -0.4 is 0 Å². The van der Waals surface area contributed by atoms with Crippen LogP contribution in [0.3, 0.4) is 0 Å². The molecule has 3 rings (SSSR count). The highest BCUT2D eigenvalue weighted by atomic mass is 32.1. The van der Waals surface area contributed by atoms with Gasteiger partial charge in [0.05, 0.1) is 23.0 Å². The van der Waals surface area contributed by atoms with E-state index in [0.29, 0.717) is 19.5 Å². The zero-order valence-corrected chi connectivity index (χ0v) is 13.9. The summed E-state index contributed by atoms with van der Waals surface area (Å²) in [6, 6.07) is 0. The van der Waals surface area contributed by atoms with Crippen molar-refractivity contribution in [3.63, 3.8) is 0 Å². The summed E-state index contributed by atoms with van der Waals surface area (Å²) in [6.07, 6.45) is 5.04. The molecule has 0 bridgehead atoms. The highest BCUT2D eigenvalue weighted by molar-refractivity contribution is 7.09. The molecule has 2 saturated heterocycles. The minimum absolute atomic E-state index is 0.0132. The second-order valence-electron chi connectivity index (χ2n) is 6.27. The maximum absolute atomic E-state index is 12.4. The molecule has 0 saturated carbocycles. The van der Waals surface area contributed by atoms with Crippen molar-refractivity contribution < 1.29 is 9.59 Å². The summed E-state index contributed by atoms with van der Waals surface area (Å²) in [4.78, 5) is 32.7. The molecule has 2 fully saturated rings. The maximum atomic E-state index is 12.4. The Morgan fingerprint density at radius 3 is 2.45 bits per heavy atom. The monoisotopic (exact) mass is 321 g/mol. The predicted molar refractivity (Wildman–Crippen MR) is 85.7 cm³/mol. The summed E-state index contributed by atoms with van der Waals surface area (Å²) in [7, 11) is 0. The zero-order valence-electron chi connectivity index (χ0n) is 13.1. The minimum atomic E-state index is 0.0132. The molecule has 0 aliphatic carbocycles. The van der Waals surface area contributed by atoms with Gasteiger partial charge in [0.2, 0.25) is 11.8 Å².